The average molecular weight is 204 g/mol. The van der Waals surface area contributed by atoms with E-state index in [-0.39, 0.29) is 0 Å². The van der Waals surface area contributed by atoms with Gasteiger partial charge in [-0.2, -0.15) is 0 Å². The van der Waals surface area contributed by atoms with Crippen LogP contribution in [0.15, 0.2) is 0 Å². The first kappa shape index (κ1) is 9.73. The van der Waals surface area contributed by atoms with Crippen molar-refractivity contribution in [3.63, 3.8) is 0 Å². The Bertz CT molecular complexity index is 264. The summed E-state index contributed by atoms with van der Waals surface area (Å²) in [5, 5.41) is 9.68. The zero-order valence-electron chi connectivity index (χ0n) is 9.28. The van der Waals surface area contributed by atoms with E-state index in [9.17, 15) is 5.11 Å². The molecular formula is C14H20O. The van der Waals surface area contributed by atoms with Crippen LogP contribution in [0.1, 0.15) is 44.9 Å². The van der Waals surface area contributed by atoms with E-state index in [0.29, 0.717) is 5.41 Å². The van der Waals surface area contributed by atoms with Crippen molar-refractivity contribution in [3.05, 3.63) is 0 Å². The van der Waals surface area contributed by atoms with Crippen molar-refractivity contribution in [2.45, 2.75) is 51.0 Å². The van der Waals surface area contributed by atoms with E-state index < -0.39 is 6.10 Å². The molecule has 1 heteroatoms. The van der Waals surface area contributed by atoms with Gasteiger partial charge in [0.15, 0.2) is 0 Å². The molecule has 1 atom stereocenters. The number of aliphatic hydroxyl groups excluding tert-OH is 1. The lowest BCUT2D eigenvalue weighted by atomic mass is 9.48. The van der Waals surface area contributed by atoms with Gasteiger partial charge in [-0.25, -0.2) is 0 Å². The molecule has 1 unspecified atom stereocenters. The summed E-state index contributed by atoms with van der Waals surface area (Å²) >= 11 is 0. The molecule has 4 rings (SSSR count). The fourth-order valence-electron chi connectivity index (χ4n) is 5.01. The molecule has 4 aliphatic carbocycles. The topological polar surface area (TPSA) is 20.2 Å². The van der Waals surface area contributed by atoms with E-state index in [4.69, 9.17) is 6.42 Å². The third kappa shape index (κ3) is 1.60. The normalized spacial score (nSPS) is 48.9. The molecule has 4 saturated carbocycles. The van der Waals surface area contributed by atoms with Gasteiger partial charge in [0.2, 0.25) is 0 Å². The predicted molar refractivity (Wildman–Crippen MR) is 60.1 cm³/mol. The van der Waals surface area contributed by atoms with E-state index in [1.807, 2.05) is 0 Å². The molecule has 1 N–H and O–H groups in total. The van der Waals surface area contributed by atoms with Crippen molar-refractivity contribution in [2.24, 2.45) is 23.2 Å². The van der Waals surface area contributed by atoms with Crippen LogP contribution in [0.4, 0.5) is 0 Å². The Morgan fingerprint density at radius 2 is 1.60 bits per heavy atom. The van der Waals surface area contributed by atoms with Crippen LogP contribution in [-0.4, -0.2) is 11.2 Å². The summed E-state index contributed by atoms with van der Waals surface area (Å²) in [6, 6.07) is 0. The number of hydrogen-bond acceptors (Lipinski definition) is 1. The van der Waals surface area contributed by atoms with E-state index in [1.54, 1.807) is 0 Å². The molecule has 4 aliphatic rings. The maximum absolute atomic E-state index is 9.68. The first-order valence-corrected chi connectivity index (χ1v) is 6.33. The second-order valence-corrected chi connectivity index (χ2v) is 6.30. The first-order valence-electron chi connectivity index (χ1n) is 6.33. The van der Waals surface area contributed by atoms with Gasteiger partial charge >= 0.3 is 0 Å². The molecule has 82 valence electrons. The minimum Gasteiger partial charge on any atom is -0.380 e. The highest BCUT2D eigenvalue weighted by Crippen LogP contribution is 2.61. The zero-order valence-corrected chi connectivity index (χ0v) is 9.28. The summed E-state index contributed by atoms with van der Waals surface area (Å²) in [6.07, 6.45) is 14.1. The fraction of sp³-hybridized carbons (Fsp3) is 0.857. The second-order valence-electron chi connectivity index (χ2n) is 6.30. The Morgan fingerprint density at radius 1 is 1.13 bits per heavy atom. The van der Waals surface area contributed by atoms with Crippen LogP contribution in [0.25, 0.3) is 0 Å². The van der Waals surface area contributed by atoms with Gasteiger partial charge in [0.05, 0.1) is 0 Å². The summed E-state index contributed by atoms with van der Waals surface area (Å²) < 4.78 is 0. The summed E-state index contributed by atoms with van der Waals surface area (Å²) in [6.45, 7) is 0. The molecular weight excluding hydrogens is 184 g/mol. The molecule has 0 aromatic rings. The second kappa shape index (κ2) is 3.25. The van der Waals surface area contributed by atoms with Crippen molar-refractivity contribution in [2.75, 3.05) is 0 Å². The maximum Gasteiger partial charge on any atom is 0.115 e. The summed E-state index contributed by atoms with van der Waals surface area (Å²) in [5.41, 5.74) is 0.431. The Hall–Kier alpha value is -0.480. The van der Waals surface area contributed by atoms with Crippen LogP contribution in [0, 0.1) is 35.5 Å². The molecule has 0 saturated heterocycles. The zero-order chi connectivity index (χ0) is 10.5. The Balaban J connectivity index is 1.78. The van der Waals surface area contributed by atoms with Crippen LogP contribution < -0.4 is 0 Å². The molecule has 0 heterocycles. The average Bonchev–Trinajstić information content (AvgIpc) is 2.14. The SMILES string of the molecule is C#CC(O)CC12CC3CC(CC(C3)C1)C2. The highest BCUT2D eigenvalue weighted by molar-refractivity contribution is 5.05. The van der Waals surface area contributed by atoms with E-state index in [2.05, 4.69) is 5.92 Å². The third-order valence-electron chi connectivity index (χ3n) is 4.98. The number of terminal acetylenes is 1. The Labute approximate surface area is 92.3 Å². The molecule has 4 bridgehead atoms. The Kier molecular flexibility index (Phi) is 2.11. The van der Waals surface area contributed by atoms with Crippen molar-refractivity contribution in [1.82, 2.24) is 0 Å². The van der Waals surface area contributed by atoms with Crippen molar-refractivity contribution in [3.8, 4) is 12.3 Å². The highest BCUT2D eigenvalue weighted by atomic mass is 16.3. The third-order valence-corrected chi connectivity index (χ3v) is 4.98. The summed E-state index contributed by atoms with van der Waals surface area (Å²) in [5.74, 6) is 5.37. The van der Waals surface area contributed by atoms with E-state index in [1.165, 1.54) is 38.5 Å². The van der Waals surface area contributed by atoms with Crippen molar-refractivity contribution >= 4 is 0 Å². The van der Waals surface area contributed by atoms with Crippen LogP contribution in [0.2, 0.25) is 0 Å². The van der Waals surface area contributed by atoms with Gasteiger partial charge in [-0.15, -0.1) is 6.42 Å². The smallest absolute Gasteiger partial charge is 0.115 e. The van der Waals surface area contributed by atoms with E-state index in [0.717, 1.165) is 24.2 Å². The van der Waals surface area contributed by atoms with Crippen LogP contribution >= 0.6 is 0 Å². The molecule has 0 aromatic carbocycles. The predicted octanol–water partition coefficient (Wildman–Crippen LogP) is 2.59. The molecule has 0 amide bonds. The van der Waals surface area contributed by atoms with Gasteiger partial charge in [-0.1, -0.05) is 5.92 Å². The van der Waals surface area contributed by atoms with Gasteiger partial charge in [-0.05, 0) is 68.1 Å². The molecule has 4 fully saturated rings. The van der Waals surface area contributed by atoms with Gasteiger partial charge in [-0.3, -0.25) is 0 Å². The minimum atomic E-state index is -0.499. The van der Waals surface area contributed by atoms with E-state index >= 15 is 0 Å². The maximum atomic E-state index is 9.68. The fourth-order valence-corrected chi connectivity index (χ4v) is 5.01. The Morgan fingerprint density at radius 3 is 2.00 bits per heavy atom. The molecule has 15 heavy (non-hydrogen) atoms. The largest absolute Gasteiger partial charge is 0.380 e. The molecule has 0 aromatic heterocycles. The molecule has 0 aliphatic heterocycles. The lowest BCUT2D eigenvalue weighted by Crippen LogP contribution is -2.47. The minimum absolute atomic E-state index is 0.431. The highest BCUT2D eigenvalue weighted by Gasteiger charge is 2.51. The molecule has 0 radical (unpaired) electrons. The standard InChI is InChI=1S/C14H20O/c1-2-13(15)9-14-6-10-3-11(7-14)5-12(4-10)8-14/h1,10-13,15H,3-9H2. The lowest BCUT2D eigenvalue weighted by Gasteiger charge is -2.57. The monoisotopic (exact) mass is 204 g/mol. The van der Waals surface area contributed by atoms with Crippen LogP contribution in [0.3, 0.4) is 0 Å². The van der Waals surface area contributed by atoms with Gasteiger partial charge in [0, 0.05) is 0 Å². The van der Waals surface area contributed by atoms with Crippen LogP contribution in [0.5, 0.6) is 0 Å². The van der Waals surface area contributed by atoms with Gasteiger partial charge in [0.25, 0.3) is 0 Å². The summed E-state index contributed by atoms with van der Waals surface area (Å²) in [4.78, 5) is 0. The number of rotatable bonds is 2. The first-order chi connectivity index (χ1) is 7.19. The van der Waals surface area contributed by atoms with Crippen molar-refractivity contribution < 1.29 is 5.11 Å². The molecule has 0 spiro atoms. The van der Waals surface area contributed by atoms with Crippen molar-refractivity contribution in [1.29, 1.82) is 0 Å². The molecule has 1 nitrogen and oxygen atoms in total. The lowest BCUT2D eigenvalue weighted by molar-refractivity contribution is -0.0696. The van der Waals surface area contributed by atoms with Gasteiger partial charge in [0.1, 0.15) is 6.10 Å². The van der Waals surface area contributed by atoms with Crippen LogP contribution in [-0.2, 0) is 0 Å². The summed E-state index contributed by atoms with van der Waals surface area (Å²) in [7, 11) is 0. The van der Waals surface area contributed by atoms with Gasteiger partial charge < -0.3 is 5.11 Å². The number of aliphatic hydroxyl groups is 1. The quantitative estimate of drug-likeness (QED) is 0.685. The number of hydrogen-bond donors (Lipinski definition) is 1.